The highest BCUT2D eigenvalue weighted by Crippen LogP contribution is 2.32. The minimum Gasteiger partial charge on any atom is -0.455 e. The summed E-state index contributed by atoms with van der Waals surface area (Å²) in [6, 6.07) is 17.8. The molecule has 0 aliphatic carbocycles. The molecule has 118 valence electrons. The second kappa shape index (κ2) is 7.48. The molecule has 0 atom stereocenters. The smallest absolute Gasteiger partial charge is 0.174 e. The van der Waals surface area contributed by atoms with Crippen molar-refractivity contribution in [2.75, 3.05) is 18.2 Å². The van der Waals surface area contributed by atoms with Crippen molar-refractivity contribution in [3.63, 3.8) is 0 Å². The van der Waals surface area contributed by atoms with Crippen molar-refractivity contribution in [3.8, 4) is 11.5 Å². The molecular weight excluding hydrogens is 326 g/mol. The highest BCUT2D eigenvalue weighted by atomic mass is 32.2. The van der Waals surface area contributed by atoms with Crippen LogP contribution in [0.1, 0.15) is 5.01 Å². The number of aromatic nitrogens is 2. The highest BCUT2D eigenvalue weighted by molar-refractivity contribution is 8.00. The van der Waals surface area contributed by atoms with Gasteiger partial charge in [-0.2, -0.15) is 0 Å². The van der Waals surface area contributed by atoms with Crippen LogP contribution in [0.25, 0.3) is 0 Å². The van der Waals surface area contributed by atoms with Crippen molar-refractivity contribution in [3.05, 3.63) is 59.6 Å². The van der Waals surface area contributed by atoms with Crippen molar-refractivity contribution in [1.82, 2.24) is 10.2 Å². The van der Waals surface area contributed by atoms with Crippen molar-refractivity contribution in [2.45, 2.75) is 10.9 Å². The summed E-state index contributed by atoms with van der Waals surface area (Å²) in [6.07, 6.45) is 2.01. The maximum absolute atomic E-state index is 6.02. The van der Waals surface area contributed by atoms with Crippen LogP contribution in [-0.2, 0) is 6.54 Å². The molecule has 0 N–H and O–H groups in total. The van der Waals surface area contributed by atoms with Crippen LogP contribution < -0.4 is 9.64 Å². The molecule has 1 heterocycles. The van der Waals surface area contributed by atoms with E-state index >= 15 is 0 Å². The Morgan fingerprint density at radius 2 is 1.78 bits per heavy atom. The van der Waals surface area contributed by atoms with Gasteiger partial charge in [-0.25, -0.2) is 0 Å². The van der Waals surface area contributed by atoms with Crippen molar-refractivity contribution < 1.29 is 4.74 Å². The maximum atomic E-state index is 6.02. The fourth-order valence-corrected chi connectivity index (χ4v) is 3.51. The van der Waals surface area contributed by atoms with E-state index in [4.69, 9.17) is 4.74 Å². The quantitative estimate of drug-likeness (QED) is 0.607. The van der Waals surface area contributed by atoms with E-state index in [1.807, 2.05) is 61.8 Å². The van der Waals surface area contributed by atoms with Gasteiger partial charge in [0.25, 0.3) is 0 Å². The normalized spacial score (nSPS) is 10.5. The third kappa shape index (κ3) is 4.03. The lowest BCUT2D eigenvalue weighted by atomic mass is 10.2. The number of benzene rings is 2. The van der Waals surface area contributed by atoms with Crippen LogP contribution >= 0.6 is 23.1 Å². The van der Waals surface area contributed by atoms with Gasteiger partial charge in [-0.15, -0.1) is 10.2 Å². The van der Waals surface area contributed by atoms with E-state index in [1.54, 1.807) is 23.1 Å². The first kappa shape index (κ1) is 15.8. The number of hydrogen-bond donors (Lipinski definition) is 0. The minimum atomic E-state index is 0.702. The minimum absolute atomic E-state index is 0.702. The average molecular weight is 343 g/mol. The first-order valence-electron chi connectivity index (χ1n) is 7.15. The molecule has 2 aromatic carbocycles. The number of hydrogen-bond acceptors (Lipinski definition) is 6. The standard InChI is InChI=1S/C17H17N3OS2/c1-20(12-16-18-19-17(22-2)23-16)14-10-6-7-11-15(14)21-13-8-4-3-5-9-13/h3-11H,12H2,1-2H3. The van der Waals surface area contributed by atoms with Gasteiger partial charge in [0, 0.05) is 7.05 Å². The number of rotatable bonds is 6. The molecule has 0 aliphatic heterocycles. The number of nitrogens with zero attached hydrogens (tertiary/aromatic N) is 3. The number of thioether (sulfide) groups is 1. The molecule has 0 bridgehead atoms. The molecule has 0 saturated heterocycles. The summed E-state index contributed by atoms with van der Waals surface area (Å²) in [4.78, 5) is 2.13. The van der Waals surface area contributed by atoms with Crippen LogP contribution in [0, 0.1) is 0 Å². The molecule has 0 spiro atoms. The fraction of sp³-hybridized carbons (Fsp3) is 0.176. The summed E-state index contributed by atoms with van der Waals surface area (Å²) in [5, 5.41) is 9.37. The van der Waals surface area contributed by atoms with E-state index in [0.29, 0.717) is 6.54 Å². The SMILES string of the molecule is CSc1nnc(CN(C)c2ccccc2Oc2ccccc2)s1. The topological polar surface area (TPSA) is 38.2 Å². The largest absolute Gasteiger partial charge is 0.455 e. The van der Waals surface area contributed by atoms with E-state index in [1.165, 1.54) is 0 Å². The molecule has 0 fully saturated rings. The van der Waals surface area contributed by atoms with Crippen LogP contribution in [0.5, 0.6) is 11.5 Å². The van der Waals surface area contributed by atoms with Crippen LogP contribution in [0.15, 0.2) is 58.9 Å². The van der Waals surface area contributed by atoms with Crippen LogP contribution in [-0.4, -0.2) is 23.5 Å². The summed E-state index contributed by atoms with van der Waals surface area (Å²) in [7, 11) is 2.04. The van der Waals surface area contributed by atoms with E-state index in [0.717, 1.165) is 26.5 Å². The van der Waals surface area contributed by atoms with Gasteiger partial charge in [0.05, 0.1) is 12.2 Å². The molecule has 3 rings (SSSR count). The fourth-order valence-electron chi connectivity index (χ4n) is 2.15. The van der Waals surface area contributed by atoms with Crippen molar-refractivity contribution in [2.24, 2.45) is 0 Å². The third-order valence-electron chi connectivity index (χ3n) is 3.24. The van der Waals surface area contributed by atoms with Crippen LogP contribution in [0.2, 0.25) is 0 Å². The van der Waals surface area contributed by atoms with Gasteiger partial charge in [0.1, 0.15) is 10.8 Å². The lowest BCUT2D eigenvalue weighted by Crippen LogP contribution is -2.16. The zero-order chi connectivity index (χ0) is 16.1. The Bertz CT molecular complexity index is 761. The van der Waals surface area contributed by atoms with Gasteiger partial charge in [-0.05, 0) is 30.5 Å². The Morgan fingerprint density at radius 1 is 1.04 bits per heavy atom. The van der Waals surface area contributed by atoms with E-state index < -0.39 is 0 Å². The molecule has 0 amide bonds. The van der Waals surface area contributed by atoms with Gasteiger partial charge < -0.3 is 9.64 Å². The Hall–Kier alpha value is -2.05. The molecule has 0 aliphatic rings. The number of ether oxygens (including phenoxy) is 1. The summed E-state index contributed by atoms with van der Waals surface area (Å²) < 4.78 is 7.00. The Balaban J connectivity index is 1.78. The lowest BCUT2D eigenvalue weighted by molar-refractivity contribution is 0.482. The second-order valence-electron chi connectivity index (χ2n) is 4.90. The van der Waals surface area contributed by atoms with E-state index in [9.17, 15) is 0 Å². The van der Waals surface area contributed by atoms with Gasteiger partial charge >= 0.3 is 0 Å². The zero-order valence-electron chi connectivity index (χ0n) is 13.0. The van der Waals surface area contributed by atoms with Gasteiger partial charge in [0.2, 0.25) is 0 Å². The average Bonchev–Trinajstić information content (AvgIpc) is 3.04. The molecule has 3 aromatic rings. The maximum Gasteiger partial charge on any atom is 0.174 e. The zero-order valence-corrected chi connectivity index (χ0v) is 14.6. The molecule has 0 radical (unpaired) electrons. The Labute approximate surface area is 144 Å². The Kier molecular flexibility index (Phi) is 5.15. The molecule has 1 aromatic heterocycles. The van der Waals surface area contributed by atoms with E-state index in [2.05, 4.69) is 21.2 Å². The van der Waals surface area contributed by atoms with Gasteiger partial charge in [-0.3, -0.25) is 0 Å². The summed E-state index contributed by atoms with van der Waals surface area (Å²) in [5.74, 6) is 1.66. The predicted molar refractivity (Wildman–Crippen MR) is 96.8 cm³/mol. The lowest BCUT2D eigenvalue weighted by Gasteiger charge is -2.21. The summed E-state index contributed by atoms with van der Waals surface area (Å²) in [6.45, 7) is 0.702. The summed E-state index contributed by atoms with van der Waals surface area (Å²) >= 11 is 3.24. The second-order valence-corrected chi connectivity index (χ2v) is 7.02. The molecule has 23 heavy (non-hydrogen) atoms. The molecule has 0 unspecified atom stereocenters. The van der Waals surface area contributed by atoms with Gasteiger partial charge in [0.15, 0.2) is 10.1 Å². The third-order valence-corrected chi connectivity index (χ3v) is 5.13. The predicted octanol–water partition coefficient (Wildman–Crippen LogP) is 4.69. The monoisotopic (exact) mass is 343 g/mol. The Morgan fingerprint density at radius 3 is 2.52 bits per heavy atom. The van der Waals surface area contributed by atoms with Gasteiger partial charge in [-0.1, -0.05) is 53.4 Å². The number of para-hydroxylation sites is 3. The molecule has 4 nitrogen and oxygen atoms in total. The molecular formula is C17H17N3OS2. The highest BCUT2D eigenvalue weighted by Gasteiger charge is 2.12. The van der Waals surface area contributed by atoms with Crippen LogP contribution in [0.3, 0.4) is 0 Å². The van der Waals surface area contributed by atoms with Crippen molar-refractivity contribution >= 4 is 28.8 Å². The van der Waals surface area contributed by atoms with Crippen LogP contribution in [0.4, 0.5) is 5.69 Å². The van der Waals surface area contributed by atoms with E-state index in [-0.39, 0.29) is 0 Å². The molecule has 6 heteroatoms. The van der Waals surface area contributed by atoms with Crippen molar-refractivity contribution in [1.29, 1.82) is 0 Å². The first-order chi connectivity index (χ1) is 11.3. The first-order valence-corrected chi connectivity index (χ1v) is 9.20. The summed E-state index contributed by atoms with van der Waals surface area (Å²) in [5.41, 5.74) is 1.03. The molecule has 0 saturated carbocycles. The number of anilines is 1.